The van der Waals surface area contributed by atoms with Crippen LogP contribution in [-0.4, -0.2) is 29.5 Å². The van der Waals surface area contributed by atoms with E-state index in [2.05, 4.69) is 10.6 Å². The maximum atomic E-state index is 13.3. The van der Waals surface area contributed by atoms with Crippen LogP contribution >= 0.6 is 11.8 Å². The first-order valence-electron chi connectivity index (χ1n) is 7.59. The predicted octanol–water partition coefficient (Wildman–Crippen LogP) is 2.79. The average Bonchev–Trinajstić information content (AvgIpc) is 2.49. The number of rotatable bonds is 5. The largest absolute Gasteiger partial charge is 0.391 e. The fourth-order valence-electron chi connectivity index (χ4n) is 2.73. The van der Waals surface area contributed by atoms with Gasteiger partial charge in [-0.25, -0.2) is 9.18 Å². The van der Waals surface area contributed by atoms with Crippen LogP contribution < -0.4 is 10.6 Å². The van der Waals surface area contributed by atoms with E-state index in [1.165, 1.54) is 12.1 Å². The Hall–Kier alpha value is -1.27. The summed E-state index contributed by atoms with van der Waals surface area (Å²) in [6.45, 7) is 0.352. The van der Waals surface area contributed by atoms with Crippen molar-refractivity contribution in [2.45, 2.75) is 50.1 Å². The summed E-state index contributed by atoms with van der Waals surface area (Å²) in [5.41, 5.74) is 1.81. The Morgan fingerprint density at radius 3 is 2.86 bits per heavy atom. The number of aliphatic hydroxyl groups is 1. The van der Waals surface area contributed by atoms with Gasteiger partial charge in [0, 0.05) is 12.3 Å². The first kappa shape index (κ1) is 17.1. The quantitative estimate of drug-likeness (QED) is 0.780. The molecule has 1 aromatic carbocycles. The third kappa shape index (κ3) is 4.88. The Balaban J connectivity index is 1.88. The van der Waals surface area contributed by atoms with Crippen molar-refractivity contribution in [1.29, 1.82) is 0 Å². The van der Waals surface area contributed by atoms with Crippen LogP contribution in [0, 0.1) is 5.82 Å². The van der Waals surface area contributed by atoms with Crippen molar-refractivity contribution < 1.29 is 14.3 Å². The molecule has 2 atom stereocenters. The fraction of sp³-hybridized carbons (Fsp3) is 0.562. The van der Waals surface area contributed by atoms with Gasteiger partial charge < -0.3 is 15.7 Å². The molecule has 0 saturated heterocycles. The second-order valence-corrected chi connectivity index (χ2v) is 6.50. The molecule has 0 radical (unpaired) electrons. The maximum Gasteiger partial charge on any atom is 0.315 e. The first-order chi connectivity index (χ1) is 10.6. The van der Waals surface area contributed by atoms with Gasteiger partial charge in [-0.2, -0.15) is 11.8 Å². The molecule has 2 rings (SSSR count). The van der Waals surface area contributed by atoms with E-state index < -0.39 is 6.10 Å². The van der Waals surface area contributed by atoms with Gasteiger partial charge in [0.2, 0.25) is 0 Å². The monoisotopic (exact) mass is 326 g/mol. The topological polar surface area (TPSA) is 61.4 Å². The van der Waals surface area contributed by atoms with Crippen LogP contribution in [0.15, 0.2) is 18.2 Å². The first-order valence-corrected chi connectivity index (χ1v) is 8.98. The van der Waals surface area contributed by atoms with Crippen molar-refractivity contribution in [2.75, 3.05) is 6.26 Å². The number of benzene rings is 1. The molecule has 0 aromatic heterocycles. The van der Waals surface area contributed by atoms with Crippen LogP contribution in [0.5, 0.6) is 0 Å². The molecule has 2 unspecified atom stereocenters. The number of thioether (sulfide) groups is 1. The predicted molar refractivity (Wildman–Crippen MR) is 87.3 cm³/mol. The third-order valence-corrected chi connectivity index (χ3v) is 4.55. The van der Waals surface area contributed by atoms with Gasteiger partial charge in [0.05, 0.1) is 12.1 Å². The van der Waals surface area contributed by atoms with Gasteiger partial charge in [-0.05, 0) is 42.4 Å². The lowest BCUT2D eigenvalue weighted by Crippen LogP contribution is -2.48. The molecule has 1 fully saturated rings. The lowest BCUT2D eigenvalue weighted by atomic mass is 9.93. The van der Waals surface area contributed by atoms with Crippen LogP contribution in [0.3, 0.4) is 0 Å². The van der Waals surface area contributed by atoms with Crippen LogP contribution in [-0.2, 0) is 12.3 Å². The summed E-state index contributed by atoms with van der Waals surface area (Å²) in [5.74, 6) is 0.445. The Morgan fingerprint density at radius 1 is 1.36 bits per heavy atom. The number of carbonyl (C=O) groups is 1. The van der Waals surface area contributed by atoms with Gasteiger partial charge in [0.1, 0.15) is 5.82 Å². The average molecular weight is 326 g/mol. The summed E-state index contributed by atoms with van der Waals surface area (Å²) in [6, 6.07) is 4.16. The fourth-order valence-corrected chi connectivity index (χ4v) is 3.31. The number of urea groups is 1. The van der Waals surface area contributed by atoms with Crippen molar-refractivity contribution in [3.05, 3.63) is 35.1 Å². The molecule has 1 aliphatic carbocycles. The van der Waals surface area contributed by atoms with E-state index in [1.807, 2.05) is 6.26 Å². The van der Waals surface area contributed by atoms with Crippen molar-refractivity contribution in [3.8, 4) is 0 Å². The number of hydrogen-bond donors (Lipinski definition) is 3. The SMILES string of the molecule is CSCc1cc(F)ccc1CNC(=O)NC1CCCCC1O. The minimum absolute atomic E-state index is 0.173. The van der Waals surface area contributed by atoms with Gasteiger partial charge >= 0.3 is 6.03 Å². The number of amides is 2. The van der Waals surface area contributed by atoms with E-state index in [0.29, 0.717) is 12.3 Å². The highest BCUT2D eigenvalue weighted by atomic mass is 32.2. The summed E-state index contributed by atoms with van der Waals surface area (Å²) >= 11 is 1.61. The molecule has 3 N–H and O–H groups in total. The molecule has 1 aliphatic rings. The highest BCUT2D eigenvalue weighted by molar-refractivity contribution is 7.97. The number of nitrogens with one attached hydrogen (secondary N) is 2. The molecule has 0 heterocycles. The maximum absolute atomic E-state index is 13.3. The molecule has 122 valence electrons. The number of hydrogen-bond acceptors (Lipinski definition) is 3. The summed E-state index contributed by atoms with van der Waals surface area (Å²) in [7, 11) is 0. The van der Waals surface area contributed by atoms with Crippen LogP contribution in [0.4, 0.5) is 9.18 Å². The normalized spacial score (nSPS) is 21.4. The Morgan fingerprint density at radius 2 is 2.14 bits per heavy atom. The Labute approximate surface area is 134 Å². The smallest absolute Gasteiger partial charge is 0.315 e. The van der Waals surface area contributed by atoms with Gasteiger partial charge in [0.15, 0.2) is 0 Å². The highest BCUT2D eigenvalue weighted by Gasteiger charge is 2.24. The third-order valence-electron chi connectivity index (χ3n) is 3.95. The van der Waals surface area contributed by atoms with E-state index in [1.54, 1.807) is 17.8 Å². The lowest BCUT2D eigenvalue weighted by molar-refractivity contribution is 0.0943. The zero-order valence-corrected chi connectivity index (χ0v) is 13.6. The lowest BCUT2D eigenvalue weighted by Gasteiger charge is -2.28. The molecular formula is C16H23FN2O2S. The second kappa shape index (κ2) is 8.39. The van der Waals surface area contributed by atoms with Crippen molar-refractivity contribution in [3.63, 3.8) is 0 Å². The van der Waals surface area contributed by atoms with Crippen molar-refractivity contribution in [2.24, 2.45) is 0 Å². The number of halogens is 1. The Kier molecular flexibility index (Phi) is 6.51. The minimum Gasteiger partial charge on any atom is -0.391 e. The van der Waals surface area contributed by atoms with Gasteiger partial charge in [-0.1, -0.05) is 18.9 Å². The van der Waals surface area contributed by atoms with Crippen molar-refractivity contribution in [1.82, 2.24) is 10.6 Å². The molecule has 2 amide bonds. The number of carbonyl (C=O) groups excluding carboxylic acids is 1. The zero-order chi connectivity index (χ0) is 15.9. The molecule has 1 saturated carbocycles. The molecule has 0 bridgehead atoms. The van der Waals surface area contributed by atoms with Crippen LogP contribution in [0.25, 0.3) is 0 Å². The van der Waals surface area contributed by atoms with E-state index in [0.717, 1.165) is 36.8 Å². The van der Waals surface area contributed by atoms with Gasteiger partial charge in [-0.15, -0.1) is 0 Å². The van der Waals surface area contributed by atoms with E-state index in [4.69, 9.17) is 0 Å². The molecule has 4 nitrogen and oxygen atoms in total. The van der Waals surface area contributed by atoms with E-state index in [9.17, 15) is 14.3 Å². The molecule has 6 heteroatoms. The van der Waals surface area contributed by atoms with E-state index >= 15 is 0 Å². The van der Waals surface area contributed by atoms with Gasteiger partial charge in [-0.3, -0.25) is 0 Å². The molecule has 0 spiro atoms. The summed E-state index contributed by atoms with van der Waals surface area (Å²) in [6.07, 6.45) is 5.08. The summed E-state index contributed by atoms with van der Waals surface area (Å²) < 4.78 is 13.3. The molecular weight excluding hydrogens is 303 g/mol. The summed E-state index contributed by atoms with van der Waals surface area (Å²) in [4.78, 5) is 12.0. The molecule has 1 aromatic rings. The van der Waals surface area contributed by atoms with Gasteiger partial charge in [0.25, 0.3) is 0 Å². The zero-order valence-electron chi connectivity index (χ0n) is 12.8. The minimum atomic E-state index is -0.461. The summed E-state index contributed by atoms with van der Waals surface area (Å²) in [5, 5.41) is 15.5. The standard InChI is InChI=1S/C16H23FN2O2S/c1-22-10-12-8-13(17)7-6-11(12)9-18-16(21)19-14-4-2-3-5-15(14)20/h6-8,14-15,20H,2-5,9-10H2,1H3,(H2,18,19,21). The second-order valence-electron chi connectivity index (χ2n) is 5.63. The van der Waals surface area contributed by atoms with Crippen LogP contribution in [0.2, 0.25) is 0 Å². The van der Waals surface area contributed by atoms with Crippen molar-refractivity contribution >= 4 is 17.8 Å². The van der Waals surface area contributed by atoms with E-state index in [-0.39, 0.29) is 17.9 Å². The molecule has 22 heavy (non-hydrogen) atoms. The molecule has 0 aliphatic heterocycles. The Bertz CT molecular complexity index is 513. The van der Waals surface area contributed by atoms with Crippen LogP contribution in [0.1, 0.15) is 36.8 Å². The highest BCUT2D eigenvalue weighted by Crippen LogP contribution is 2.19. The number of aliphatic hydroxyl groups excluding tert-OH is 1.